The lowest BCUT2D eigenvalue weighted by Crippen LogP contribution is -2.11. The first-order valence-electron chi connectivity index (χ1n) is 7.19. The van der Waals surface area contributed by atoms with Crippen molar-refractivity contribution in [2.45, 2.75) is 33.1 Å². The maximum Gasteiger partial charge on any atom is 0.359 e. The Hall–Kier alpha value is -2.43. The molecule has 0 fully saturated rings. The third-order valence-corrected chi connectivity index (χ3v) is 3.34. The molecular formula is C17H20N2O3. The molecule has 5 nitrogen and oxygen atoms in total. The molecule has 1 aromatic heterocycles. The maximum atomic E-state index is 11.8. The summed E-state index contributed by atoms with van der Waals surface area (Å²) in [6.07, 6.45) is 2.14. The van der Waals surface area contributed by atoms with Gasteiger partial charge >= 0.3 is 5.97 Å². The first-order valence-corrected chi connectivity index (χ1v) is 7.19. The highest BCUT2D eigenvalue weighted by Crippen LogP contribution is 2.23. The lowest BCUT2D eigenvalue weighted by atomic mass is 9.87. The highest BCUT2D eigenvalue weighted by Gasteiger charge is 2.18. The molecule has 0 aliphatic carbocycles. The van der Waals surface area contributed by atoms with Gasteiger partial charge in [-0.3, -0.25) is 4.79 Å². The van der Waals surface area contributed by atoms with Crippen LogP contribution >= 0.6 is 0 Å². The van der Waals surface area contributed by atoms with Crippen molar-refractivity contribution in [1.82, 2.24) is 9.78 Å². The molecule has 0 saturated carbocycles. The summed E-state index contributed by atoms with van der Waals surface area (Å²) in [6, 6.07) is 7.86. The van der Waals surface area contributed by atoms with Gasteiger partial charge in [-0.2, -0.15) is 5.10 Å². The Morgan fingerprint density at radius 3 is 2.41 bits per heavy atom. The summed E-state index contributed by atoms with van der Waals surface area (Å²) in [5.41, 5.74) is 2.30. The molecule has 1 heterocycles. The van der Waals surface area contributed by atoms with E-state index in [9.17, 15) is 9.59 Å². The fraction of sp³-hybridized carbons (Fsp3) is 0.353. The lowest BCUT2D eigenvalue weighted by molar-refractivity contribution is 0.0517. The highest BCUT2D eigenvalue weighted by atomic mass is 16.5. The van der Waals surface area contributed by atoms with E-state index in [0.717, 1.165) is 5.69 Å². The molecule has 0 aliphatic rings. The van der Waals surface area contributed by atoms with Crippen LogP contribution in [0.5, 0.6) is 0 Å². The van der Waals surface area contributed by atoms with E-state index >= 15 is 0 Å². The molecule has 0 atom stereocenters. The Morgan fingerprint density at radius 1 is 1.27 bits per heavy atom. The largest absolute Gasteiger partial charge is 0.461 e. The van der Waals surface area contributed by atoms with Gasteiger partial charge in [-0.15, -0.1) is 0 Å². The summed E-state index contributed by atoms with van der Waals surface area (Å²) in [4.78, 5) is 22.9. The smallest absolute Gasteiger partial charge is 0.359 e. The van der Waals surface area contributed by atoms with Gasteiger partial charge in [0.05, 0.1) is 17.9 Å². The Labute approximate surface area is 129 Å². The molecule has 5 heteroatoms. The number of aldehydes is 1. The number of hydrogen-bond donors (Lipinski definition) is 0. The number of rotatable bonds is 4. The van der Waals surface area contributed by atoms with Crippen molar-refractivity contribution in [2.75, 3.05) is 6.61 Å². The zero-order valence-corrected chi connectivity index (χ0v) is 13.3. The number of benzene rings is 1. The van der Waals surface area contributed by atoms with E-state index in [2.05, 4.69) is 25.9 Å². The fourth-order valence-corrected chi connectivity index (χ4v) is 2.08. The second kappa shape index (κ2) is 6.13. The van der Waals surface area contributed by atoms with Crippen LogP contribution in [0.15, 0.2) is 30.5 Å². The zero-order valence-electron chi connectivity index (χ0n) is 13.3. The quantitative estimate of drug-likeness (QED) is 0.643. The van der Waals surface area contributed by atoms with E-state index in [1.54, 1.807) is 6.92 Å². The average molecular weight is 300 g/mol. The fourth-order valence-electron chi connectivity index (χ4n) is 2.08. The van der Waals surface area contributed by atoms with Crippen LogP contribution in [0.1, 0.15) is 54.1 Å². The summed E-state index contributed by atoms with van der Waals surface area (Å²) < 4.78 is 6.43. The summed E-state index contributed by atoms with van der Waals surface area (Å²) >= 11 is 0. The van der Waals surface area contributed by atoms with E-state index < -0.39 is 5.97 Å². The summed E-state index contributed by atoms with van der Waals surface area (Å²) in [7, 11) is 0. The number of carbonyl (C=O) groups is 2. The van der Waals surface area contributed by atoms with Crippen LogP contribution in [-0.4, -0.2) is 28.6 Å². The van der Waals surface area contributed by atoms with Gasteiger partial charge in [-0.25, -0.2) is 9.48 Å². The Bertz CT molecular complexity index is 679. The van der Waals surface area contributed by atoms with E-state index in [-0.39, 0.29) is 23.3 Å². The molecule has 0 radical (unpaired) electrons. The van der Waals surface area contributed by atoms with Gasteiger partial charge < -0.3 is 4.74 Å². The Balaban J connectivity index is 2.37. The molecule has 0 unspecified atom stereocenters. The van der Waals surface area contributed by atoms with Gasteiger partial charge in [0.1, 0.15) is 0 Å². The molecule has 116 valence electrons. The van der Waals surface area contributed by atoms with Gasteiger partial charge in [-0.05, 0) is 30.0 Å². The minimum Gasteiger partial charge on any atom is -0.461 e. The van der Waals surface area contributed by atoms with Crippen molar-refractivity contribution < 1.29 is 14.3 Å². The molecule has 2 aromatic rings. The van der Waals surface area contributed by atoms with E-state index in [1.165, 1.54) is 16.4 Å². The van der Waals surface area contributed by atoms with E-state index in [4.69, 9.17) is 4.74 Å². The minimum atomic E-state index is -0.588. The van der Waals surface area contributed by atoms with Gasteiger partial charge in [0, 0.05) is 6.20 Å². The Morgan fingerprint density at radius 2 is 1.91 bits per heavy atom. The molecule has 1 aromatic carbocycles. The molecular weight excluding hydrogens is 280 g/mol. The SMILES string of the molecule is CCOC(=O)c1nn(-c2ccc(C(C)(C)C)cc2)cc1C=O. The molecule has 0 bridgehead atoms. The highest BCUT2D eigenvalue weighted by molar-refractivity contribution is 5.96. The predicted octanol–water partition coefficient (Wildman–Crippen LogP) is 3.16. The van der Waals surface area contributed by atoms with Gasteiger partial charge in [-0.1, -0.05) is 32.9 Å². The maximum absolute atomic E-state index is 11.8. The van der Waals surface area contributed by atoms with Crippen LogP contribution in [0.4, 0.5) is 0 Å². The van der Waals surface area contributed by atoms with Gasteiger partial charge in [0.2, 0.25) is 0 Å². The second-order valence-electron chi connectivity index (χ2n) is 6.01. The van der Waals surface area contributed by atoms with Crippen LogP contribution in [0.25, 0.3) is 5.69 Å². The molecule has 0 amide bonds. The molecule has 22 heavy (non-hydrogen) atoms. The van der Waals surface area contributed by atoms with Gasteiger partial charge in [0.15, 0.2) is 12.0 Å². The van der Waals surface area contributed by atoms with Crippen LogP contribution in [0.3, 0.4) is 0 Å². The third-order valence-electron chi connectivity index (χ3n) is 3.34. The van der Waals surface area contributed by atoms with Crippen molar-refractivity contribution >= 4 is 12.3 Å². The zero-order chi connectivity index (χ0) is 16.3. The number of nitrogens with zero attached hydrogens (tertiary/aromatic N) is 2. The van der Waals surface area contributed by atoms with Crippen LogP contribution in [-0.2, 0) is 10.2 Å². The first-order chi connectivity index (χ1) is 10.4. The monoisotopic (exact) mass is 300 g/mol. The molecule has 0 saturated heterocycles. The topological polar surface area (TPSA) is 61.2 Å². The first kappa shape index (κ1) is 15.9. The molecule has 0 N–H and O–H groups in total. The van der Waals surface area contributed by atoms with E-state index in [1.807, 2.05) is 24.3 Å². The number of aromatic nitrogens is 2. The molecule has 2 rings (SSSR count). The van der Waals surface area contributed by atoms with Crippen molar-refractivity contribution in [1.29, 1.82) is 0 Å². The number of esters is 1. The summed E-state index contributed by atoms with van der Waals surface area (Å²) in [5, 5.41) is 4.17. The van der Waals surface area contributed by atoms with Crippen LogP contribution < -0.4 is 0 Å². The number of carbonyl (C=O) groups excluding carboxylic acids is 2. The summed E-state index contributed by atoms with van der Waals surface area (Å²) in [6.45, 7) is 8.36. The normalized spacial score (nSPS) is 11.3. The van der Waals surface area contributed by atoms with Crippen molar-refractivity contribution in [3.63, 3.8) is 0 Å². The molecule has 0 aliphatic heterocycles. The minimum absolute atomic E-state index is 0.0387. The van der Waals surface area contributed by atoms with Crippen molar-refractivity contribution in [3.8, 4) is 5.69 Å². The van der Waals surface area contributed by atoms with Crippen molar-refractivity contribution in [2.24, 2.45) is 0 Å². The van der Waals surface area contributed by atoms with Crippen LogP contribution in [0.2, 0.25) is 0 Å². The third kappa shape index (κ3) is 3.24. The van der Waals surface area contributed by atoms with E-state index in [0.29, 0.717) is 6.29 Å². The molecule has 0 spiro atoms. The Kier molecular flexibility index (Phi) is 4.45. The predicted molar refractivity (Wildman–Crippen MR) is 83.6 cm³/mol. The van der Waals surface area contributed by atoms with Crippen LogP contribution in [0, 0.1) is 0 Å². The summed E-state index contributed by atoms with van der Waals surface area (Å²) in [5.74, 6) is -0.588. The standard InChI is InChI=1S/C17H20N2O3/c1-5-22-16(21)15-12(11-20)10-19(18-15)14-8-6-13(7-9-14)17(2,3)4/h6-11H,5H2,1-4H3. The number of hydrogen-bond acceptors (Lipinski definition) is 4. The van der Waals surface area contributed by atoms with Gasteiger partial charge in [0.25, 0.3) is 0 Å². The second-order valence-corrected chi connectivity index (χ2v) is 6.01. The number of ether oxygens (including phenoxy) is 1. The average Bonchev–Trinajstić information content (AvgIpc) is 2.91. The van der Waals surface area contributed by atoms with Crippen molar-refractivity contribution in [3.05, 3.63) is 47.3 Å². The lowest BCUT2D eigenvalue weighted by Gasteiger charge is -2.19.